The van der Waals surface area contributed by atoms with Crippen molar-refractivity contribution in [3.05, 3.63) is 59.8 Å². The van der Waals surface area contributed by atoms with Gasteiger partial charge in [0.25, 0.3) is 0 Å². The van der Waals surface area contributed by atoms with E-state index in [-0.39, 0.29) is 17.9 Å². The van der Waals surface area contributed by atoms with Crippen LogP contribution in [0.15, 0.2) is 48.7 Å². The average Bonchev–Trinajstić information content (AvgIpc) is 2.80. The number of benzene rings is 1. The summed E-state index contributed by atoms with van der Waals surface area (Å²) in [6.07, 6.45) is 2.91. The summed E-state index contributed by atoms with van der Waals surface area (Å²) in [7, 11) is 1.55. The normalized spacial score (nSPS) is 25.6. The lowest BCUT2D eigenvalue weighted by Crippen LogP contribution is -2.72. The number of nitrogens with one attached hydrogen (secondary N) is 1. The molecule has 3 heterocycles. The van der Waals surface area contributed by atoms with Gasteiger partial charge in [-0.15, -0.1) is 0 Å². The molecular weight excluding hydrogens is 394 g/mol. The predicted molar refractivity (Wildman–Crippen MR) is 117 cm³/mol. The Labute approximate surface area is 182 Å². The number of anilines is 1. The minimum Gasteiger partial charge on any atom is -0.384 e. The van der Waals surface area contributed by atoms with Crippen molar-refractivity contribution < 1.29 is 14.7 Å². The number of nitrogen functional groups attached to an aromatic ring is 1. The molecule has 164 valence electrons. The van der Waals surface area contributed by atoms with Gasteiger partial charge in [-0.3, -0.25) is 9.69 Å². The SMILES string of the molecule is CNC(=O)[C@@H]1[C@@H](Cc2ccnc(N)c2)C(O)N1C(=O)N1CCC[C@@H](c2ccccc2)C1. The second kappa shape index (κ2) is 8.93. The summed E-state index contributed by atoms with van der Waals surface area (Å²) in [5, 5.41) is 13.5. The first kappa shape index (κ1) is 21.1. The average molecular weight is 424 g/mol. The molecule has 3 amide bonds. The molecule has 2 aliphatic heterocycles. The van der Waals surface area contributed by atoms with Gasteiger partial charge in [0.2, 0.25) is 5.91 Å². The van der Waals surface area contributed by atoms with E-state index in [1.165, 1.54) is 10.5 Å². The highest BCUT2D eigenvalue weighted by Gasteiger charge is 2.54. The highest BCUT2D eigenvalue weighted by Crippen LogP contribution is 2.36. The number of likely N-dealkylation sites (N-methyl/N-ethyl adjacent to an activating group) is 1. The fourth-order valence-corrected chi connectivity index (χ4v) is 4.76. The van der Waals surface area contributed by atoms with Gasteiger partial charge < -0.3 is 21.1 Å². The Bertz CT molecular complexity index is 938. The van der Waals surface area contributed by atoms with E-state index in [1.54, 1.807) is 24.2 Å². The number of carbonyl (C=O) groups is 2. The van der Waals surface area contributed by atoms with Gasteiger partial charge in [0.15, 0.2) is 0 Å². The number of piperidine rings is 1. The molecule has 1 aromatic carbocycles. The van der Waals surface area contributed by atoms with Crippen molar-refractivity contribution in [1.82, 2.24) is 20.1 Å². The van der Waals surface area contributed by atoms with E-state index in [0.29, 0.717) is 25.3 Å². The summed E-state index contributed by atoms with van der Waals surface area (Å²) in [6.45, 7) is 1.20. The number of nitrogens with zero attached hydrogens (tertiary/aromatic N) is 3. The number of aliphatic hydroxyl groups is 1. The quantitative estimate of drug-likeness (QED) is 0.691. The molecule has 4 atom stereocenters. The zero-order valence-corrected chi connectivity index (χ0v) is 17.6. The van der Waals surface area contributed by atoms with Crippen LogP contribution in [0.1, 0.15) is 29.9 Å². The first-order chi connectivity index (χ1) is 15.0. The van der Waals surface area contributed by atoms with Gasteiger partial charge in [0, 0.05) is 38.2 Å². The van der Waals surface area contributed by atoms with Gasteiger partial charge in [0.1, 0.15) is 18.1 Å². The van der Waals surface area contributed by atoms with Crippen LogP contribution in [0.25, 0.3) is 0 Å². The Morgan fingerprint density at radius 2 is 2.03 bits per heavy atom. The summed E-state index contributed by atoms with van der Waals surface area (Å²) in [6, 6.07) is 12.7. The van der Waals surface area contributed by atoms with Crippen molar-refractivity contribution in [3.8, 4) is 0 Å². The second-order valence-electron chi connectivity index (χ2n) is 8.32. The van der Waals surface area contributed by atoms with Gasteiger partial charge in [0.05, 0.1) is 0 Å². The third kappa shape index (κ3) is 4.20. The van der Waals surface area contributed by atoms with Gasteiger partial charge in [-0.2, -0.15) is 0 Å². The van der Waals surface area contributed by atoms with Crippen molar-refractivity contribution in [2.45, 2.75) is 37.5 Å². The van der Waals surface area contributed by atoms with Gasteiger partial charge in [-0.1, -0.05) is 30.3 Å². The molecule has 4 rings (SSSR count). The monoisotopic (exact) mass is 423 g/mol. The second-order valence-corrected chi connectivity index (χ2v) is 8.32. The van der Waals surface area contributed by atoms with Crippen molar-refractivity contribution in [2.75, 3.05) is 25.9 Å². The van der Waals surface area contributed by atoms with Crippen LogP contribution in [-0.4, -0.2) is 64.2 Å². The molecule has 0 spiro atoms. The molecule has 0 saturated carbocycles. The van der Waals surface area contributed by atoms with Crippen LogP contribution in [0, 0.1) is 5.92 Å². The Hall–Kier alpha value is -3.13. The van der Waals surface area contributed by atoms with E-state index in [2.05, 4.69) is 22.4 Å². The molecule has 4 N–H and O–H groups in total. The summed E-state index contributed by atoms with van der Waals surface area (Å²) in [5.41, 5.74) is 7.84. The number of rotatable bonds is 4. The molecule has 0 aliphatic carbocycles. The first-order valence-corrected chi connectivity index (χ1v) is 10.7. The van der Waals surface area contributed by atoms with Crippen LogP contribution in [0.5, 0.6) is 0 Å². The zero-order chi connectivity index (χ0) is 22.0. The molecule has 0 bridgehead atoms. The van der Waals surface area contributed by atoms with Crippen LogP contribution in [0.2, 0.25) is 0 Å². The summed E-state index contributed by atoms with van der Waals surface area (Å²) in [4.78, 5) is 33.0. The fourth-order valence-electron chi connectivity index (χ4n) is 4.76. The summed E-state index contributed by atoms with van der Waals surface area (Å²) >= 11 is 0. The Kier molecular flexibility index (Phi) is 6.08. The number of aromatic nitrogens is 1. The maximum atomic E-state index is 13.3. The van der Waals surface area contributed by atoms with Crippen LogP contribution in [0.4, 0.5) is 10.6 Å². The number of carbonyl (C=O) groups excluding carboxylic acids is 2. The summed E-state index contributed by atoms with van der Waals surface area (Å²) in [5.74, 6) is -0.0370. The molecule has 1 aromatic heterocycles. The van der Waals surface area contributed by atoms with Crippen molar-refractivity contribution in [2.24, 2.45) is 5.92 Å². The molecular formula is C23H29N5O3. The predicted octanol–water partition coefficient (Wildman–Crippen LogP) is 1.57. The number of aliphatic hydroxyl groups excluding tert-OH is 1. The maximum Gasteiger partial charge on any atom is 0.322 e. The van der Waals surface area contributed by atoms with Crippen LogP contribution < -0.4 is 11.1 Å². The molecule has 1 unspecified atom stereocenters. The lowest BCUT2D eigenvalue weighted by atomic mass is 9.80. The van der Waals surface area contributed by atoms with Crippen LogP contribution in [-0.2, 0) is 11.2 Å². The molecule has 0 radical (unpaired) electrons. The van der Waals surface area contributed by atoms with E-state index in [4.69, 9.17) is 5.73 Å². The lowest BCUT2D eigenvalue weighted by molar-refractivity contribution is -0.169. The fraction of sp³-hybridized carbons (Fsp3) is 0.435. The van der Waals surface area contributed by atoms with E-state index >= 15 is 0 Å². The number of amides is 3. The smallest absolute Gasteiger partial charge is 0.322 e. The summed E-state index contributed by atoms with van der Waals surface area (Å²) < 4.78 is 0. The first-order valence-electron chi connectivity index (χ1n) is 10.7. The largest absolute Gasteiger partial charge is 0.384 e. The molecule has 2 saturated heterocycles. The minimum absolute atomic E-state index is 0.256. The van der Waals surface area contributed by atoms with Crippen molar-refractivity contribution in [3.63, 3.8) is 0 Å². The van der Waals surface area contributed by atoms with E-state index in [1.807, 2.05) is 24.3 Å². The number of likely N-dealkylation sites (tertiary alicyclic amines) is 2. The van der Waals surface area contributed by atoms with E-state index < -0.39 is 18.2 Å². The molecule has 2 aliphatic rings. The minimum atomic E-state index is -1.03. The molecule has 31 heavy (non-hydrogen) atoms. The Balaban J connectivity index is 1.49. The van der Waals surface area contributed by atoms with E-state index in [0.717, 1.165) is 18.4 Å². The topological polar surface area (TPSA) is 112 Å². The highest BCUT2D eigenvalue weighted by atomic mass is 16.3. The third-order valence-corrected chi connectivity index (χ3v) is 6.39. The van der Waals surface area contributed by atoms with Crippen LogP contribution in [0.3, 0.4) is 0 Å². The maximum absolute atomic E-state index is 13.3. The van der Waals surface area contributed by atoms with Gasteiger partial charge in [-0.25, -0.2) is 9.78 Å². The van der Waals surface area contributed by atoms with Crippen LogP contribution >= 0.6 is 0 Å². The Morgan fingerprint density at radius 3 is 2.74 bits per heavy atom. The number of hydrogen-bond donors (Lipinski definition) is 3. The molecule has 2 fully saturated rings. The standard InChI is InChI=1S/C23H29N5O3/c1-25-21(29)20-18(12-15-9-10-26-19(24)13-15)22(30)28(20)23(31)27-11-5-8-17(14-27)16-6-3-2-4-7-16/h2-4,6-7,9-10,13,17-18,20,22,30H,5,8,11-12,14H2,1H3,(H2,24,26)(H,25,29)/t17-,18-,20+,22?/m1/s1. The number of urea groups is 1. The third-order valence-electron chi connectivity index (χ3n) is 6.39. The Morgan fingerprint density at radius 1 is 1.26 bits per heavy atom. The number of hydrogen-bond acceptors (Lipinski definition) is 5. The number of pyridine rings is 1. The lowest BCUT2D eigenvalue weighted by Gasteiger charge is -2.53. The molecule has 8 nitrogen and oxygen atoms in total. The van der Waals surface area contributed by atoms with E-state index in [9.17, 15) is 14.7 Å². The zero-order valence-electron chi connectivity index (χ0n) is 17.6. The molecule has 8 heteroatoms. The van der Waals surface area contributed by atoms with Crippen molar-refractivity contribution in [1.29, 1.82) is 0 Å². The van der Waals surface area contributed by atoms with Crippen molar-refractivity contribution >= 4 is 17.8 Å². The van der Waals surface area contributed by atoms with Gasteiger partial charge in [-0.05, 0) is 42.5 Å². The number of nitrogens with two attached hydrogens (primary N) is 1. The molecule has 2 aromatic rings. The highest BCUT2D eigenvalue weighted by molar-refractivity contribution is 5.89. The van der Waals surface area contributed by atoms with Gasteiger partial charge >= 0.3 is 6.03 Å².